The van der Waals surface area contributed by atoms with E-state index in [1.54, 1.807) is 22.9 Å². The topological polar surface area (TPSA) is 61.7 Å². The minimum absolute atomic E-state index is 0.138. The van der Waals surface area contributed by atoms with Gasteiger partial charge in [0.2, 0.25) is 5.91 Å². The van der Waals surface area contributed by atoms with E-state index in [-0.39, 0.29) is 11.8 Å². The molecule has 10 heteroatoms. The van der Waals surface area contributed by atoms with Crippen LogP contribution in [-0.4, -0.2) is 82.1 Å². The fourth-order valence-corrected chi connectivity index (χ4v) is 6.50. The molecule has 3 aromatic rings. The van der Waals surface area contributed by atoms with Crippen molar-refractivity contribution in [1.29, 1.82) is 0 Å². The Kier molecular flexibility index (Phi) is 8.76. The van der Waals surface area contributed by atoms with Crippen molar-refractivity contribution in [3.05, 3.63) is 68.8 Å². The number of benzene rings is 2. The Morgan fingerprint density at radius 1 is 0.875 bits per heavy atom. The SMILES string of the molecule is Cc1c(C(=O)N2CCN(CC(=O)N3CC(C)CC(C)C3)CC2)nn(-c2ccc(Cl)cc2Cl)c1-c1ccc(Cl)cc1. The first-order chi connectivity index (χ1) is 19.1. The van der Waals surface area contributed by atoms with Crippen molar-refractivity contribution in [2.45, 2.75) is 27.2 Å². The van der Waals surface area contributed by atoms with Crippen LogP contribution in [0, 0.1) is 18.8 Å². The molecular formula is C30H34Cl3N5O2. The molecule has 2 unspecified atom stereocenters. The van der Waals surface area contributed by atoms with E-state index in [2.05, 4.69) is 18.7 Å². The van der Waals surface area contributed by atoms with Gasteiger partial charge in [0.05, 0.1) is 22.9 Å². The van der Waals surface area contributed by atoms with Gasteiger partial charge in [0.1, 0.15) is 0 Å². The van der Waals surface area contributed by atoms with E-state index in [1.807, 2.05) is 41.0 Å². The van der Waals surface area contributed by atoms with Crippen LogP contribution in [0.4, 0.5) is 0 Å². The van der Waals surface area contributed by atoms with Crippen LogP contribution in [0.3, 0.4) is 0 Å². The molecule has 0 bridgehead atoms. The lowest BCUT2D eigenvalue weighted by atomic mass is 9.92. The van der Waals surface area contributed by atoms with Crippen molar-refractivity contribution in [2.75, 3.05) is 45.8 Å². The third-order valence-electron chi connectivity index (χ3n) is 7.82. The van der Waals surface area contributed by atoms with E-state index in [9.17, 15) is 9.59 Å². The van der Waals surface area contributed by atoms with Crippen molar-refractivity contribution in [2.24, 2.45) is 11.8 Å². The summed E-state index contributed by atoms with van der Waals surface area (Å²) in [6, 6.07) is 12.6. The van der Waals surface area contributed by atoms with Crippen LogP contribution in [0.1, 0.15) is 36.3 Å². The first kappa shape index (κ1) is 28.9. The molecule has 2 amide bonds. The molecule has 0 radical (unpaired) electrons. The van der Waals surface area contributed by atoms with Crippen LogP contribution >= 0.6 is 34.8 Å². The van der Waals surface area contributed by atoms with Crippen molar-refractivity contribution >= 4 is 46.6 Å². The molecule has 2 atom stereocenters. The van der Waals surface area contributed by atoms with E-state index in [1.165, 1.54) is 6.42 Å². The summed E-state index contributed by atoms with van der Waals surface area (Å²) in [4.78, 5) is 32.7. The van der Waals surface area contributed by atoms with Crippen molar-refractivity contribution in [3.63, 3.8) is 0 Å². The molecule has 40 heavy (non-hydrogen) atoms. The molecule has 2 fully saturated rings. The maximum atomic E-state index is 13.8. The standard InChI is InChI=1S/C30H34Cl3N5O2/c1-19-14-20(2)17-37(16-19)27(39)18-35-10-12-36(13-11-35)30(40)28-21(3)29(22-4-6-23(31)7-5-22)38(34-28)26-9-8-24(32)15-25(26)33/h4-9,15,19-20H,10-14,16-18H2,1-3H3. The lowest BCUT2D eigenvalue weighted by Gasteiger charge is -2.38. The summed E-state index contributed by atoms with van der Waals surface area (Å²) in [7, 11) is 0. The molecule has 2 aromatic carbocycles. The molecule has 0 saturated carbocycles. The number of carbonyl (C=O) groups excluding carboxylic acids is 2. The first-order valence-corrected chi connectivity index (χ1v) is 14.8. The average Bonchev–Trinajstić information content (AvgIpc) is 3.25. The Morgan fingerprint density at radius 2 is 1.50 bits per heavy atom. The number of piperidine rings is 1. The Hall–Kier alpha value is -2.58. The Labute approximate surface area is 250 Å². The molecule has 3 heterocycles. The van der Waals surface area contributed by atoms with Crippen LogP contribution in [0.15, 0.2) is 42.5 Å². The molecular weight excluding hydrogens is 569 g/mol. The second kappa shape index (κ2) is 12.1. The largest absolute Gasteiger partial charge is 0.341 e. The summed E-state index contributed by atoms with van der Waals surface area (Å²) in [5.41, 5.74) is 3.38. The highest BCUT2D eigenvalue weighted by Crippen LogP contribution is 2.33. The van der Waals surface area contributed by atoms with E-state index < -0.39 is 0 Å². The van der Waals surface area contributed by atoms with Crippen LogP contribution in [-0.2, 0) is 4.79 Å². The first-order valence-electron chi connectivity index (χ1n) is 13.7. The highest BCUT2D eigenvalue weighted by molar-refractivity contribution is 6.35. The Balaban J connectivity index is 1.34. The van der Waals surface area contributed by atoms with Gasteiger partial charge in [-0.2, -0.15) is 5.10 Å². The maximum Gasteiger partial charge on any atom is 0.274 e. The predicted molar refractivity (Wildman–Crippen MR) is 161 cm³/mol. The number of rotatable bonds is 5. The quantitative estimate of drug-likeness (QED) is 0.356. The smallest absolute Gasteiger partial charge is 0.274 e. The van der Waals surface area contributed by atoms with E-state index in [4.69, 9.17) is 39.9 Å². The molecule has 2 aliphatic rings. The molecule has 7 nitrogen and oxygen atoms in total. The number of amides is 2. The summed E-state index contributed by atoms with van der Waals surface area (Å²) in [6.07, 6.45) is 1.17. The van der Waals surface area contributed by atoms with Crippen LogP contribution in [0.2, 0.25) is 15.1 Å². The van der Waals surface area contributed by atoms with E-state index >= 15 is 0 Å². The third kappa shape index (κ3) is 6.18. The monoisotopic (exact) mass is 601 g/mol. The van der Waals surface area contributed by atoms with Crippen LogP contribution in [0.25, 0.3) is 16.9 Å². The number of nitrogens with zero attached hydrogens (tertiary/aromatic N) is 5. The van der Waals surface area contributed by atoms with Crippen LogP contribution < -0.4 is 0 Å². The molecule has 5 rings (SSSR count). The normalized spacial score (nSPS) is 20.1. The van der Waals surface area contributed by atoms with Gasteiger partial charge in [-0.15, -0.1) is 0 Å². The minimum atomic E-state index is -0.138. The lowest BCUT2D eigenvalue weighted by molar-refractivity contribution is -0.135. The summed E-state index contributed by atoms with van der Waals surface area (Å²) >= 11 is 18.9. The van der Waals surface area contributed by atoms with Crippen LogP contribution in [0.5, 0.6) is 0 Å². The summed E-state index contributed by atoms with van der Waals surface area (Å²) in [5.74, 6) is 1.11. The molecule has 0 spiro atoms. The second-order valence-corrected chi connectivity index (χ2v) is 12.4. The average molecular weight is 603 g/mol. The molecule has 2 saturated heterocycles. The van der Waals surface area contributed by atoms with Gasteiger partial charge in [0.15, 0.2) is 5.69 Å². The van der Waals surface area contributed by atoms with Gasteiger partial charge in [0, 0.05) is 60.4 Å². The molecule has 0 aliphatic carbocycles. The number of likely N-dealkylation sites (tertiary alicyclic amines) is 1. The number of hydrogen-bond acceptors (Lipinski definition) is 4. The van der Waals surface area contributed by atoms with E-state index in [0.717, 1.165) is 29.9 Å². The Bertz CT molecular complexity index is 1390. The van der Waals surface area contributed by atoms with Crippen molar-refractivity contribution in [3.8, 4) is 16.9 Å². The number of hydrogen-bond donors (Lipinski definition) is 0. The molecule has 0 N–H and O–H groups in total. The summed E-state index contributed by atoms with van der Waals surface area (Å²) in [5, 5.41) is 6.34. The fraction of sp³-hybridized carbons (Fsp3) is 0.433. The molecule has 2 aliphatic heterocycles. The number of halogens is 3. The van der Waals surface area contributed by atoms with Gasteiger partial charge in [0.25, 0.3) is 5.91 Å². The van der Waals surface area contributed by atoms with Gasteiger partial charge in [-0.3, -0.25) is 14.5 Å². The Morgan fingerprint density at radius 3 is 2.12 bits per heavy atom. The second-order valence-electron chi connectivity index (χ2n) is 11.1. The summed E-state index contributed by atoms with van der Waals surface area (Å²) in [6.45, 7) is 10.7. The highest BCUT2D eigenvalue weighted by atomic mass is 35.5. The van der Waals surface area contributed by atoms with Gasteiger partial charge < -0.3 is 9.80 Å². The number of carbonyl (C=O) groups is 2. The zero-order valence-corrected chi connectivity index (χ0v) is 25.3. The number of aromatic nitrogens is 2. The van der Waals surface area contributed by atoms with Crippen molar-refractivity contribution in [1.82, 2.24) is 24.5 Å². The van der Waals surface area contributed by atoms with Gasteiger partial charge in [-0.1, -0.05) is 60.8 Å². The minimum Gasteiger partial charge on any atom is -0.341 e. The van der Waals surface area contributed by atoms with Gasteiger partial charge in [-0.25, -0.2) is 4.68 Å². The summed E-state index contributed by atoms with van der Waals surface area (Å²) < 4.78 is 1.71. The zero-order chi connectivity index (χ0) is 28.6. The van der Waals surface area contributed by atoms with Crippen molar-refractivity contribution < 1.29 is 9.59 Å². The predicted octanol–water partition coefficient (Wildman–Crippen LogP) is 6.07. The third-order valence-corrected chi connectivity index (χ3v) is 8.61. The molecule has 212 valence electrons. The van der Waals surface area contributed by atoms with Gasteiger partial charge in [-0.05, 0) is 55.5 Å². The highest BCUT2D eigenvalue weighted by Gasteiger charge is 2.31. The van der Waals surface area contributed by atoms with E-state index in [0.29, 0.717) is 71.0 Å². The maximum absolute atomic E-state index is 13.8. The lowest BCUT2D eigenvalue weighted by Crippen LogP contribution is -2.53. The molecule has 1 aromatic heterocycles. The zero-order valence-electron chi connectivity index (χ0n) is 23.0. The fourth-order valence-electron chi connectivity index (χ4n) is 5.89. The number of piperazine rings is 1. The van der Waals surface area contributed by atoms with Gasteiger partial charge >= 0.3 is 0 Å².